The number of aromatic nitrogens is 1. The molecular weight excluding hydrogens is 353 g/mol. The topological polar surface area (TPSA) is 111 Å². The van der Waals surface area contributed by atoms with Crippen molar-refractivity contribution >= 4 is 24.2 Å². The highest BCUT2D eigenvalue weighted by molar-refractivity contribution is 5.99. The molecule has 3 rings (SSSR count). The van der Waals surface area contributed by atoms with E-state index in [2.05, 4.69) is 10.5 Å². The average Bonchev–Trinajstić information content (AvgIpc) is 3.14. The van der Waals surface area contributed by atoms with Crippen molar-refractivity contribution in [3.05, 3.63) is 29.6 Å². The summed E-state index contributed by atoms with van der Waals surface area (Å²) < 4.78 is 23.7. The number of hydrogen-bond donors (Lipinski definition) is 3. The van der Waals surface area contributed by atoms with Crippen LogP contribution >= 0.6 is 12.4 Å². The molecule has 25 heavy (non-hydrogen) atoms. The second-order valence-electron chi connectivity index (χ2n) is 5.80. The first kappa shape index (κ1) is 19.0. The fraction of sp³-hybridized carbons (Fsp3) is 0.375. The van der Waals surface area contributed by atoms with E-state index in [9.17, 15) is 14.3 Å². The highest BCUT2D eigenvalue weighted by atomic mass is 35.5. The number of nitrogens with one attached hydrogen (secondary N) is 1. The van der Waals surface area contributed by atoms with Gasteiger partial charge in [0.05, 0.1) is 7.11 Å². The Morgan fingerprint density at radius 2 is 2.24 bits per heavy atom. The largest absolute Gasteiger partial charge is 0.494 e. The molecule has 1 heterocycles. The van der Waals surface area contributed by atoms with Crippen LogP contribution < -0.4 is 15.8 Å². The van der Waals surface area contributed by atoms with Gasteiger partial charge in [0.15, 0.2) is 28.7 Å². The number of aromatic carboxylic acids is 1. The van der Waals surface area contributed by atoms with E-state index in [1.807, 2.05) is 0 Å². The molecule has 0 radical (unpaired) electrons. The predicted molar refractivity (Wildman–Crippen MR) is 91.9 cm³/mol. The van der Waals surface area contributed by atoms with Gasteiger partial charge in [-0.15, -0.1) is 12.4 Å². The number of nitrogens with two attached hydrogens (primary N) is 1. The molecule has 1 saturated carbocycles. The SMILES string of the molecule is COc1cc(-c2onc(N[C@@H]3CC[C@@H](N)C3)c2C(=O)O)ccc1F.Cl. The van der Waals surface area contributed by atoms with Crippen LogP contribution in [0.25, 0.3) is 11.3 Å². The quantitative estimate of drug-likeness (QED) is 0.741. The summed E-state index contributed by atoms with van der Waals surface area (Å²) in [5, 5.41) is 16.5. The molecule has 4 N–H and O–H groups in total. The van der Waals surface area contributed by atoms with Crippen LogP contribution in [0, 0.1) is 5.82 Å². The van der Waals surface area contributed by atoms with Gasteiger partial charge in [0.25, 0.3) is 0 Å². The zero-order valence-corrected chi connectivity index (χ0v) is 14.3. The van der Waals surface area contributed by atoms with E-state index >= 15 is 0 Å². The van der Waals surface area contributed by atoms with Gasteiger partial charge in [0.2, 0.25) is 0 Å². The molecule has 1 aromatic carbocycles. The third-order valence-corrected chi connectivity index (χ3v) is 4.13. The molecule has 136 valence electrons. The van der Waals surface area contributed by atoms with Crippen LogP contribution in [-0.2, 0) is 0 Å². The summed E-state index contributed by atoms with van der Waals surface area (Å²) in [6.07, 6.45) is 2.46. The maximum atomic E-state index is 13.5. The van der Waals surface area contributed by atoms with E-state index in [0.29, 0.717) is 5.56 Å². The minimum atomic E-state index is -1.18. The van der Waals surface area contributed by atoms with Crippen LogP contribution in [0.3, 0.4) is 0 Å². The van der Waals surface area contributed by atoms with E-state index in [0.717, 1.165) is 19.3 Å². The number of ether oxygens (including phenoxy) is 1. The van der Waals surface area contributed by atoms with E-state index in [4.69, 9.17) is 15.0 Å². The predicted octanol–water partition coefficient (Wildman–Crippen LogP) is 2.90. The highest BCUT2D eigenvalue weighted by Gasteiger charge is 2.28. The van der Waals surface area contributed by atoms with Gasteiger partial charge >= 0.3 is 5.97 Å². The number of benzene rings is 1. The first-order valence-corrected chi connectivity index (χ1v) is 7.58. The van der Waals surface area contributed by atoms with Crippen molar-refractivity contribution in [2.24, 2.45) is 5.73 Å². The van der Waals surface area contributed by atoms with Gasteiger partial charge < -0.3 is 25.4 Å². The standard InChI is InChI=1S/C16H18FN3O4.ClH/c1-23-12-6-8(2-5-11(12)17)14-13(16(21)22)15(20-24-14)19-10-4-3-9(18)7-10;/h2,5-6,9-10H,3-4,7,18H2,1H3,(H,19,20)(H,21,22);1H/t9-,10-;/m1./s1. The van der Waals surface area contributed by atoms with Gasteiger partial charge in [-0.2, -0.15) is 0 Å². The summed E-state index contributed by atoms with van der Waals surface area (Å²) in [6.45, 7) is 0. The zero-order valence-electron chi connectivity index (χ0n) is 13.5. The maximum Gasteiger partial charge on any atom is 0.343 e. The van der Waals surface area contributed by atoms with E-state index < -0.39 is 11.8 Å². The molecule has 0 aliphatic heterocycles. The third kappa shape index (κ3) is 3.85. The normalized spacial score (nSPS) is 19.3. The number of anilines is 1. The number of nitrogens with zero attached hydrogens (tertiary/aromatic N) is 1. The molecule has 1 aromatic heterocycles. The summed E-state index contributed by atoms with van der Waals surface area (Å²) in [5.74, 6) is -1.53. The summed E-state index contributed by atoms with van der Waals surface area (Å²) in [7, 11) is 1.33. The lowest BCUT2D eigenvalue weighted by Gasteiger charge is -2.11. The minimum absolute atomic E-state index is 0. The number of carboxylic acids is 1. The first-order chi connectivity index (χ1) is 11.5. The van der Waals surface area contributed by atoms with Crippen molar-refractivity contribution in [2.75, 3.05) is 12.4 Å². The van der Waals surface area contributed by atoms with Crippen molar-refractivity contribution in [3.8, 4) is 17.1 Å². The number of carbonyl (C=O) groups is 1. The van der Waals surface area contributed by atoms with Gasteiger partial charge in [-0.3, -0.25) is 0 Å². The molecule has 0 bridgehead atoms. The Morgan fingerprint density at radius 1 is 1.48 bits per heavy atom. The summed E-state index contributed by atoms with van der Waals surface area (Å²) in [4.78, 5) is 11.7. The third-order valence-electron chi connectivity index (χ3n) is 4.13. The number of hydrogen-bond acceptors (Lipinski definition) is 6. The average molecular weight is 372 g/mol. The summed E-state index contributed by atoms with van der Waals surface area (Å²) >= 11 is 0. The Labute approximate surface area is 149 Å². The van der Waals surface area contributed by atoms with Gasteiger partial charge in [-0.1, -0.05) is 5.16 Å². The Bertz CT molecular complexity index is 768. The van der Waals surface area contributed by atoms with Gasteiger partial charge in [0, 0.05) is 17.6 Å². The number of methoxy groups -OCH3 is 1. The van der Waals surface area contributed by atoms with Crippen LogP contribution in [0.1, 0.15) is 29.6 Å². The van der Waals surface area contributed by atoms with Crippen LogP contribution in [0.15, 0.2) is 22.7 Å². The van der Waals surface area contributed by atoms with Crippen molar-refractivity contribution in [1.82, 2.24) is 5.16 Å². The number of carboxylic acid groups (broad SMARTS) is 1. The molecule has 0 saturated heterocycles. The Morgan fingerprint density at radius 3 is 2.84 bits per heavy atom. The minimum Gasteiger partial charge on any atom is -0.494 e. The fourth-order valence-electron chi connectivity index (χ4n) is 2.93. The van der Waals surface area contributed by atoms with E-state index in [-0.39, 0.29) is 47.4 Å². The molecule has 2 aromatic rings. The molecular formula is C16H19ClFN3O4. The molecule has 7 nitrogen and oxygen atoms in total. The zero-order chi connectivity index (χ0) is 17.3. The van der Waals surface area contributed by atoms with E-state index in [1.165, 1.54) is 25.3 Å². The van der Waals surface area contributed by atoms with Crippen LogP contribution in [0.5, 0.6) is 5.75 Å². The second kappa shape index (κ2) is 7.71. The fourth-order valence-corrected chi connectivity index (χ4v) is 2.93. The molecule has 2 atom stereocenters. The van der Waals surface area contributed by atoms with Crippen LogP contribution in [0.4, 0.5) is 10.2 Å². The lowest BCUT2D eigenvalue weighted by molar-refractivity contribution is 0.0698. The van der Waals surface area contributed by atoms with E-state index in [1.54, 1.807) is 0 Å². The van der Waals surface area contributed by atoms with Gasteiger partial charge in [-0.25, -0.2) is 9.18 Å². The summed E-state index contributed by atoms with van der Waals surface area (Å²) in [5.41, 5.74) is 6.15. The van der Waals surface area contributed by atoms with Crippen molar-refractivity contribution in [1.29, 1.82) is 0 Å². The van der Waals surface area contributed by atoms with Crippen LogP contribution in [-0.4, -0.2) is 35.4 Å². The molecule has 0 spiro atoms. The van der Waals surface area contributed by atoms with Gasteiger partial charge in [0.1, 0.15) is 0 Å². The van der Waals surface area contributed by atoms with Crippen molar-refractivity contribution in [2.45, 2.75) is 31.3 Å². The summed E-state index contributed by atoms with van der Waals surface area (Å²) in [6, 6.07) is 4.13. The highest BCUT2D eigenvalue weighted by Crippen LogP contribution is 2.33. The van der Waals surface area contributed by atoms with Crippen molar-refractivity contribution in [3.63, 3.8) is 0 Å². The smallest absolute Gasteiger partial charge is 0.343 e. The van der Waals surface area contributed by atoms with Crippen LogP contribution in [0.2, 0.25) is 0 Å². The molecule has 0 amide bonds. The maximum absolute atomic E-state index is 13.5. The Balaban J connectivity index is 0.00000225. The lowest BCUT2D eigenvalue weighted by atomic mass is 10.1. The molecule has 9 heteroatoms. The molecule has 1 aliphatic rings. The Kier molecular flexibility index (Phi) is 5.86. The van der Waals surface area contributed by atoms with Crippen molar-refractivity contribution < 1.29 is 23.6 Å². The molecule has 0 unspecified atom stereocenters. The Hall–Kier alpha value is -2.32. The van der Waals surface area contributed by atoms with Gasteiger partial charge in [-0.05, 0) is 37.5 Å². The molecule has 1 fully saturated rings. The lowest BCUT2D eigenvalue weighted by Crippen LogP contribution is -2.21. The number of halogens is 2. The first-order valence-electron chi connectivity index (χ1n) is 7.58. The monoisotopic (exact) mass is 371 g/mol. The number of rotatable bonds is 5. The molecule has 1 aliphatic carbocycles. The second-order valence-corrected chi connectivity index (χ2v) is 5.80.